The minimum Gasteiger partial charge on any atom is -0.260 e. The van der Waals surface area contributed by atoms with Crippen molar-refractivity contribution in [3.05, 3.63) is 0 Å². The van der Waals surface area contributed by atoms with Crippen LogP contribution in [-0.2, 0) is 21.6 Å². The van der Waals surface area contributed by atoms with E-state index in [1.54, 1.807) is 18.8 Å². The van der Waals surface area contributed by atoms with Crippen molar-refractivity contribution in [3.63, 3.8) is 0 Å². The second kappa shape index (κ2) is 16.3. The number of hydrogen-bond acceptors (Lipinski definition) is 2. The minimum atomic E-state index is -0.611. The van der Waals surface area contributed by atoms with Crippen molar-refractivity contribution in [2.24, 2.45) is 0 Å². The zero-order chi connectivity index (χ0) is 13.5. The standard InChI is InChI=1S/C11H24OS.C2H6OS/c1-3-4-5-6-7-8-9-10-11-13(2)12;1-4(2)3/h3-11H2,1-2H3;1-2H3. The Morgan fingerprint density at radius 2 is 1.06 bits per heavy atom. The van der Waals surface area contributed by atoms with Crippen molar-refractivity contribution in [3.8, 4) is 0 Å². The van der Waals surface area contributed by atoms with Gasteiger partial charge in [-0.2, -0.15) is 0 Å². The van der Waals surface area contributed by atoms with Gasteiger partial charge in [-0.1, -0.05) is 51.9 Å². The van der Waals surface area contributed by atoms with Gasteiger partial charge < -0.3 is 0 Å². The van der Waals surface area contributed by atoms with Crippen LogP contribution in [0, 0.1) is 0 Å². The third-order valence-electron chi connectivity index (χ3n) is 2.29. The molecule has 0 spiro atoms. The molecule has 0 aromatic carbocycles. The van der Waals surface area contributed by atoms with Crippen LogP contribution >= 0.6 is 0 Å². The first-order valence-electron chi connectivity index (χ1n) is 6.55. The summed E-state index contributed by atoms with van der Waals surface area (Å²) in [6.07, 6.45) is 15.7. The van der Waals surface area contributed by atoms with Gasteiger partial charge in [0.05, 0.1) is 0 Å². The summed E-state index contributed by atoms with van der Waals surface area (Å²) in [7, 11) is -1.19. The van der Waals surface area contributed by atoms with Crippen LogP contribution in [0.15, 0.2) is 0 Å². The maximum atomic E-state index is 10.7. The molecule has 0 rings (SSSR count). The van der Waals surface area contributed by atoms with Crippen molar-refractivity contribution < 1.29 is 8.42 Å². The molecule has 4 heteroatoms. The molecule has 0 aromatic rings. The molecule has 0 fully saturated rings. The van der Waals surface area contributed by atoms with Crippen LogP contribution in [0.5, 0.6) is 0 Å². The van der Waals surface area contributed by atoms with Crippen LogP contribution in [0.4, 0.5) is 0 Å². The summed E-state index contributed by atoms with van der Waals surface area (Å²) >= 11 is 0. The van der Waals surface area contributed by atoms with E-state index in [1.807, 2.05) is 0 Å². The van der Waals surface area contributed by atoms with Gasteiger partial charge in [-0.15, -0.1) is 0 Å². The molecule has 17 heavy (non-hydrogen) atoms. The van der Waals surface area contributed by atoms with Crippen LogP contribution in [0.2, 0.25) is 0 Å². The zero-order valence-electron chi connectivity index (χ0n) is 12.0. The van der Waals surface area contributed by atoms with Crippen molar-refractivity contribution in [1.82, 2.24) is 0 Å². The molecule has 0 aliphatic heterocycles. The van der Waals surface area contributed by atoms with Gasteiger partial charge in [-0.05, 0) is 6.42 Å². The van der Waals surface area contributed by atoms with Crippen LogP contribution in [0.3, 0.4) is 0 Å². The van der Waals surface area contributed by atoms with Crippen molar-refractivity contribution in [1.29, 1.82) is 0 Å². The Bertz CT molecular complexity index is 190. The first kappa shape index (κ1) is 19.6. The Morgan fingerprint density at radius 1 is 0.706 bits per heavy atom. The lowest BCUT2D eigenvalue weighted by atomic mass is 10.1. The Labute approximate surface area is 113 Å². The second-order valence-electron chi connectivity index (χ2n) is 4.49. The summed E-state index contributed by atoms with van der Waals surface area (Å²) in [4.78, 5) is 0. The molecule has 1 unspecified atom stereocenters. The maximum Gasteiger partial charge on any atom is 0.0232 e. The molecule has 0 radical (unpaired) electrons. The fourth-order valence-electron chi connectivity index (χ4n) is 1.44. The molecule has 2 nitrogen and oxygen atoms in total. The molecule has 0 aromatic heterocycles. The molecule has 0 amide bonds. The van der Waals surface area contributed by atoms with E-state index in [0.29, 0.717) is 0 Å². The van der Waals surface area contributed by atoms with Crippen molar-refractivity contribution in [2.75, 3.05) is 24.5 Å². The van der Waals surface area contributed by atoms with E-state index >= 15 is 0 Å². The van der Waals surface area contributed by atoms with Crippen LogP contribution in [0.1, 0.15) is 58.3 Å². The van der Waals surface area contributed by atoms with Crippen molar-refractivity contribution in [2.45, 2.75) is 58.3 Å². The van der Waals surface area contributed by atoms with Gasteiger partial charge in [0, 0.05) is 46.1 Å². The lowest BCUT2D eigenvalue weighted by Crippen LogP contribution is -1.93. The summed E-state index contributed by atoms with van der Waals surface area (Å²) < 4.78 is 20.3. The molecule has 106 valence electrons. The zero-order valence-corrected chi connectivity index (χ0v) is 13.6. The van der Waals surface area contributed by atoms with Gasteiger partial charge in [0.2, 0.25) is 0 Å². The number of rotatable bonds is 9. The van der Waals surface area contributed by atoms with Gasteiger partial charge >= 0.3 is 0 Å². The Morgan fingerprint density at radius 3 is 1.41 bits per heavy atom. The van der Waals surface area contributed by atoms with E-state index in [4.69, 9.17) is 0 Å². The van der Waals surface area contributed by atoms with Gasteiger partial charge in [-0.3, -0.25) is 8.42 Å². The topological polar surface area (TPSA) is 34.1 Å². The highest BCUT2D eigenvalue weighted by Gasteiger charge is 1.93. The Kier molecular flexibility index (Phi) is 18.8. The average Bonchev–Trinajstić information content (AvgIpc) is 2.21. The molecule has 1 atom stereocenters. The van der Waals surface area contributed by atoms with E-state index in [9.17, 15) is 8.42 Å². The molecule has 0 aliphatic rings. The average molecular weight is 283 g/mol. The minimum absolute atomic E-state index is 0.576. The summed E-state index contributed by atoms with van der Waals surface area (Å²) in [5.74, 6) is 0.898. The van der Waals surface area contributed by atoms with Gasteiger partial charge in [0.1, 0.15) is 0 Å². The maximum absolute atomic E-state index is 10.7. The molecule has 0 heterocycles. The number of unbranched alkanes of at least 4 members (excludes halogenated alkanes) is 7. The summed E-state index contributed by atoms with van der Waals surface area (Å²) in [5, 5.41) is 0. The van der Waals surface area contributed by atoms with E-state index in [2.05, 4.69) is 6.92 Å². The first-order chi connectivity index (χ1) is 8.00. The highest BCUT2D eigenvalue weighted by Crippen LogP contribution is 2.08. The predicted molar refractivity (Wildman–Crippen MR) is 81.5 cm³/mol. The lowest BCUT2D eigenvalue weighted by Gasteiger charge is -2.00. The van der Waals surface area contributed by atoms with Gasteiger partial charge in [0.15, 0.2) is 0 Å². The fraction of sp³-hybridized carbons (Fsp3) is 1.00. The van der Waals surface area contributed by atoms with E-state index < -0.39 is 21.6 Å². The summed E-state index contributed by atoms with van der Waals surface area (Å²) in [5.41, 5.74) is 0. The molecule has 0 bridgehead atoms. The molecule has 0 saturated carbocycles. The first-order valence-corrected chi connectivity index (χ1v) is 10.2. The van der Waals surface area contributed by atoms with Crippen molar-refractivity contribution >= 4 is 21.6 Å². The molecule has 0 aliphatic carbocycles. The normalized spacial score (nSPS) is 12.1. The van der Waals surface area contributed by atoms with Gasteiger partial charge in [0.25, 0.3) is 0 Å². The highest BCUT2D eigenvalue weighted by molar-refractivity contribution is 7.84. The quantitative estimate of drug-likeness (QED) is 0.607. The third-order valence-corrected chi connectivity index (χ3v) is 3.15. The fourth-order valence-corrected chi connectivity index (χ4v) is 2.05. The van der Waals surface area contributed by atoms with Crippen LogP contribution < -0.4 is 0 Å². The Balaban J connectivity index is 0. The van der Waals surface area contributed by atoms with Gasteiger partial charge in [-0.25, -0.2) is 0 Å². The highest BCUT2D eigenvalue weighted by atomic mass is 32.2. The molecular weight excluding hydrogens is 252 g/mol. The predicted octanol–water partition coefficient (Wildman–Crippen LogP) is 3.50. The van der Waals surface area contributed by atoms with Crippen LogP contribution in [-0.4, -0.2) is 32.9 Å². The summed E-state index contributed by atoms with van der Waals surface area (Å²) in [6.45, 7) is 2.25. The lowest BCUT2D eigenvalue weighted by molar-refractivity contribution is 0.585. The van der Waals surface area contributed by atoms with E-state index in [1.165, 1.54) is 44.9 Å². The third kappa shape index (κ3) is 31.4. The number of hydrogen-bond donors (Lipinski definition) is 0. The van der Waals surface area contributed by atoms with Crippen LogP contribution in [0.25, 0.3) is 0 Å². The Hall–Kier alpha value is 0.300. The second-order valence-corrected chi connectivity index (χ2v) is 7.53. The summed E-state index contributed by atoms with van der Waals surface area (Å²) in [6, 6.07) is 0. The van der Waals surface area contributed by atoms with E-state index in [-0.39, 0.29) is 0 Å². The molecule has 0 N–H and O–H groups in total. The smallest absolute Gasteiger partial charge is 0.0232 e. The SMILES string of the molecule is CCCCCCCCCCS(C)=O.CS(C)=O. The molecular formula is C13H30O2S2. The molecule has 0 saturated heterocycles. The monoisotopic (exact) mass is 282 g/mol. The van der Waals surface area contributed by atoms with E-state index in [0.717, 1.165) is 12.2 Å². The largest absolute Gasteiger partial charge is 0.260 e.